The van der Waals surface area contributed by atoms with Gasteiger partial charge in [0.05, 0.1) is 17.6 Å². The normalized spacial score (nSPS) is 31.5. The van der Waals surface area contributed by atoms with Gasteiger partial charge in [0.15, 0.2) is 0 Å². The Hall–Kier alpha value is -2.57. The van der Waals surface area contributed by atoms with Crippen LogP contribution in [-0.2, 0) is 0 Å². The second-order valence-electron chi connectivity index (χ2n) is 8.79. The first-order valence-corrected chi connectivity index (χ1v) is 9.89. The van der Waals surface area contributed by atoms with Gasteiger partial charge in [-0.15, -0.1) is 10.2 Å². The van der Waals surface area contributed by atoms with E-state index < -0.39 is 0 Å². The lowest BCUT2D eigenvalue weighted by Gasteiger charge is -2.56. The number of fused-ring (bicyclic) bond motifs is 1. The van der Waals surface area contributed by atoms with Crippen LogP contribution in [0, 0.1) is 23.2 Å². The molecule has 0 unspecified atom stereocenters. The van der Waals surface area contributed by atoms with Gasteiger partial charge < -0.3 is 4.74 Å². The van der Waals surface area contributed by atoms with Gasteiger partial charge in [0.1, 0.15) is 6.33 Å². The van der Waals surface area contributed by atoms with E-state index in [0.29, 0.717) is 18.0 Å². The van der Waals surface area contributed by atoms with Crippen LogP contribution >= 0.6 is 0 Å². The van der Waals surface area contributed by atoms with Crippen molar-refractivity contribution in [3.8, 4) is 12.0 Å². The second-order valence-corrected chi connectivity index (χ2v) is 8.79. The second kappa shape index (κ2) is 5.71. The van der Waals surface area contributed by atoms with Crippen molar-refractivity contribution in [2.45, 2.75) is 38.5 Å². The van der Waals surface area contributed by atoms with Gasteiger partial charge in [0.2, 0.25) is 0 Å². The fourth-order valence-corrected chi connectivity index (χ4v) is 6.17. The van der Waals surface area contributed by atoms with E-state index in [1.54, 1.807) is 10.9 Å². The average molecular weight is 362 g/mol. The maximum absolute atomic E-state index is 5.98. The first-order chi connectivity index (χ1) is 13.3. The van der Waals surface area contributed by atoms with Crippen LogP contribution in [0.5, 0.6) is 6.01 Å². The third-order valence-electron chi connectivity index (χ3n) is 6.79. The highest BCUT2D eigenvalue weighted by molar-refractivity contribution is 5.76. The summed E-state index contributed by atoms with van der Waals surface area (Å²) in [5, 5.41) is 16.7. The van der Waals surface area contributed by atoms with E-state index in [4.69, 9.17) is 4.74 Å². The van der Waals surface area contributed by atoms with Crippen LogP contribution in [0.2, 0.25) is 0 Å². The summed E-state index contributed by atoms with van der Waals surface area (Å²) in [6.07, 6.45) is 9.92. The molecule has 2 heterocycles. The number of benzene rings is 1. The van der Waals surface area contributed by atoms with Gasteiger partial charge in [-0.25, -0.2) is 4.98 Å². The molecule has 7 nitrogen and oxygen atoms in total. The lowest BCUT2D eigenvalue weighted by molar-refractivity contribution is -0.0761. The standard InChI is InChI=1S/C20H22N6O/c1-2-4-17-16(3-1)21-12-26(17)18-22-24-19(25-23-18)27-11-20-8-13-5-14(9-20)7-15(6-13)10-20/h1-4,12-15H,5-11H2. The Kier molecular flexibility index (Phi) is 3.28. The number of imidazole rings is 1. The highest BCUT2D eigenvalue weighted by Gasteiger charge is 2.51. The van der Waals surface area contributed by atoms with Gasteiger partial charge in [-0.2, -0.15) is 0 Å². The van der Waals surface area contributed by atoms with Crippen molar-refractivity contribution in [1.29, 1.82) is 0 Å². The molecule has 0 radical (unpaired) electrons. The van der Waals surface area contributed by atoms with Crippen LogP contribution in [0.15, 0.2) is 30.6 Å². The van der Waals surface area contributed by atoms with Gasteiger partial charge in [-0.05, 0) is 68.4 Å². The summed E-state index contributed by atoms with van der Waals surface area (Å²) in [4.78, 5) is 4.36. The molecule has 0 amide bonds. The predicted molar refractivity (Wildman–Crippen MR) is 98.4 cm³/mol. The number of hydrogen-bond donors (Lipinski definition) is 0. The highest BCUT2D eigenvalue weighted by Crippen LogP contribution is 2.59. The van der Waals surface area contributed by atoms with Crippen molar-refractivity contribution in [2.24, 2.45) is 23.2 Å². The quantitative estimate of drug-likeness (QED) is 0.709. The van der Waals surface area contributed by atoms with Crippen LogP contribution in [0.25, 0.3) is 17.0 Å². The number of nitrogens with zero attached hydrogens (tertiary/aromatic N) is 6. The number of para-hydroxylation sites is 2. The molecular formula is C20H22N6O. The Labute approximate surface area is 157 Å². The van der Waals surface area contributed by atoms with E-state index in [1.807, 2.05) is 24.3 Å². The molecule has 4 saturated carbocycles. The van der Waals surface area contributed by atoms with E-state index in [1.165, 1.54) is 38.5 Å². The van der Waals surface area contributed by atoms with Crippen molar-refractivity contribution >= 4 is 11.0 Å². The highest BCUT2D eigenvalue weighted by atomic mass is 16.5. The molecule has 0 N–H and O–H groups in total. The Balaban J connectivity index is 1.19. The zero-order valence-corrected chi connectivity index (χ0v) is 15.2. The minimum absolute atomic E-state index is 0.277. The third kappa shape index (κ3) is 2.59. The van der Waals surface area contributed by atoms with Crippen molar-refractivity contribution in [3.05, 3.63) is 30.6 Å². The monoisotopic (exact) mass is 362 g/mol. The molecule has 7 rings (SSSR count). The van der Waals surface area contributed by atoms with Crippen LogP contribution in [0.4, 0.5) is 0 Å². The van der Waals surface area contributed by atoms with E-state index in [9.17, 15) is 0 Å². The predicted octanol–water partition coefficient (Wildman–Crippen LogP) is 3.20. The molecule has 4 aliphatic rings. The van der Waals surface area contributed by atoms with Crippen LogP contribution in [0.1, 0.15) is 38.5 Å². The summed E-state index contributed by atoms with van der Waals surface area (Å²) >= 11 is 0. The maximum atomic E-state index is 5.98. The van der Waals surface area contributed by atoms with Gasteiger partial charge in [-0.1, -0.05) is 22.3 Å². The smallest absolute Gasteiger partial charge is 0.355 e. The van der Waals surface area contributed by atoms with Gasteiger partial charge in [0, 0.05) is 5.41 Å². The molecule has 0 atom stereocenters. The summed E-state index contributed by atoms with van der Waals surface area (Å²) in [6.45, 7) is 0.702. The molecule has 4 bridgehead atoms. The van der Waals surface area contributed by atoms with E-state index in [2.05, 4.69) is 25.4 Å². The maximum Gasteiger partial charge on any atom is 0.355 e. The Morgan fingerprint density at radius 2 is 1.59 bits per heavy atom. The van der Waals surface area contributed by atoms with Crippen molar-refractivity contribution < 1.29 is 4.74 Å². The van der Waals surface area contributed by atoms with E-state index >= 15 is 0 Å². The number of aromatic nitrogens is 6. The molecule has 4 fully saturated rings. The molecule has 7 heteroatoms. The van der Waals surface area contributed by atoms with E-state index in [-0.39, 0.29) is 6.01 Å². The largest absolute Gasteiger partial charge is 0.461 e. The van der Waals surface area contributed by atoms with Gasteiger partial charge >= 0.3 is 6.01 Å². The van der Waals surface area contributed by atoms with Crippen molar-refractivity contribution in [3.63, 3.8) is 0 Å². The average Bonchev–Trinajstić information content (AvgIpc) is 3.10. The van der Waals surface area contributed by atoms with Crippen LogP contribution < -0.4 is 4.74 Å². The lowest BCUT2D eigenvalue weighted by atomic mass is 9.50. The van der Waals surface area contributed by atoms with Gasteiger partial charge in [0.25, 0.3) is 5.95 Å². The minimum Gasteiger partial charge on any atom is -0.461 e. The first-order valence-electron chi connectivity index (χ1n) is 9.89. The molecule has 138 valence electrons. The summed E-state index contributed by atoms with van der Waals surface area (Å²) < 4.78 is 7.77. The first kappa shape index (κ1) is 15.5. The third-order valence-corrected chi connectivity index (χ3v) is 6.79. The van der Waals surface area contributed by atoms with Crippen LogP contribution in [-0.4, -0.2) is 36.6 Å². The molecule has 0 aliphatic heterocycles. The van der Waals surface area contributed by atoms with Crippen molar-refractivity contribution in [2.75, 3.05) is 6.61 Å². The molecule has 0 spiro atoms. The molecule has 1 aromatic carbocycles. The fourth-order valence-electron chi connectivity index (χ4n) is 6.17. The number of rotatable bonds is 4. The van der Waals surface area contributed by atoms with Gasteiger partial charge in [-0.3, -0.25) is 4.57 Å². The topological polar surface area (TPSA) is 78.6 Å². The fraction of sp³-hybridized carbons (Fsp3) is 0.550. The summed E-state index contributed by atoms with van der Waals surface area (Å²) in [6, 6.07) is 8.13. The van der Waals surface area contributed by atoms with E-state index in [0.717, 1.165) is 28.8 Å². The van der Waals surface area contributed by atoms with Crippen molar-refractivity contribution in [1.82, 2.24) is 29.9 Å². The SMILES string of the molecule is c1ccc2c(c1)ncn2-c1nnc(OCC23CC4CC(CC(C4)C2)C3)nn1. The lowest BCUT2D eigenvalue weighted by Crippen LogP contribution is -2.48. The Bertz CT molecular complexity index is 946. The zero-order valence-electron chi connectivity index (χ0n) is 15.2. The Morgan fingerprint density at radius 1 is 0.926 bits per heavy atom. The van der Waals surface area contributed by atoms with Crippen LogP contribution in [0.3, 0.4) is 0 Å². The molecule has 4 aliphatic carbocycles. The summed E-state index contributed by atoms with van der Waals surface area (Å²) in [5.74, 6) is 3.14. The molecule has 3 aromatic rings. The zero-order chi connectivity index (χ0) is 17.8. The molecule has 2 aromatic heterocycles. The molecule has 27 heavy (non-hydrogen) atoms. The summed E-state index contributed by atoms with van der Waals surface area (Å²) in [7, 11) is 0. The number of hydrogen-bond acceptors (Lipinski definition) is 6. The minimum atomic E-state index is 0.277. The number of ether oxygens (including phenoxy) is 1. The Morgan fingerprint density at radius 3 is 2.30 bits per heavy atom. The summed E-state index contributed by atoms with van der Waals surface area (Å²) in [5.41, 5.74) is 2.16. The molecule has 0 saturated heterocycles. The molecular weight excluding hydrogens is 340 g/mol.